The smallest absolute Gasteiger partial charge is 0.206 e. The van der Waals surface area contributed by atoms with Crippen molar-refractivity contribution in [3.8, 4) is 10.6 Å². The first-order valence-corrected chi connectivity index (χ1v) is 7.31. The molecular formula is C14H19N3S. The van der Waals surface area contributed by atoms with Crippen molar-refractivity contribution < 1.29 is 0 Å². The molecule has 0 saturated heterocycles. The fourth-order valence-corrected chi connectivity index (χ4v) is 2.56. The summed E-state index contributed by atoms with van der Waals surface area (Å²) in [5.74, 6) is 0. The molecule has 0 aliphatic rings. The lowest BCUT2D eigenvalue weighted by Gasteiger charge is -2.00. The van der Waals surface area contributed by atoms with E-state index in [9.17, 15) is 0 Å². The molecule has 96 valence electrons. The Kier molecular flexibility index (Phi) is 4.70. The molecule has 0 amide bonds. The van der Waals surface area contributed by atoms with Gasteiger partial charge in [0.05, 0.1) is 0 Å². The first-order valence-electron chi connectivity index (χ1n) is 6.50. The molecule has 0 saturated carbocycles. The van der Waals surface area contributed by atoms with Crippen LogP contribution < -0.4 is 5.32 Å². The van der Waals surface area contributed by atoms with Crippen molar-refractivity contribution in [3.05, 3.63) is 29.8 Å². The summed E-state index contributed by atoms with van der Waals surface area (Å²) in [6.45, 7) is 5.29. The Hall–Kier alpha value is -1.42. The number of benzene rings is 1. The number of nitrogens with zero attached hydrogens (tertiary/aromatic N) is 2. The van der Waals surface area contributed by atoms with E-state index in [0.717, 1.165) is 29.5 Å². The first-order chi connectivity index (χ1) is 8.83. The highest BCUT2D eigenvalue weighted by molar-refractivity contribution is 7.18. The molecule has 1 heterocycles. The topological polar surface area (TPSA) is 37.8 Å². The SMILES string of the molecule is CCCNc1nnc(-c2cccc(CCC)c2)s1. The maximum absolute atomic E-state index is 4.25. The van der Waals surface area contributed by atoms with E-state index >= 15 is 0 Å². The largest absolute Gasteiger partial charge is 0.360 e. The minimum atomic E-state index is 0.910. The summed E-state index contributed by atoms with van der Waals surface area (Å²) in [5.41, 5.74) is 2.54. The van der Waals surface area contributed by atoms with E-state index in [4.69, 9.17) is 0 Å². The third kappa shape index (κ3) is 3.29. The van der Waals surface area contributed by atoms with Crippen molar-refractivity contribution in [2.75, 3.05) is 11.9 Å². The standard InChI is InChI=1S/C14H19N3S/c1-3-6-11-7-5-8-12(10-11)13-16-17-14(18-13)15-9-4-2/h5,7-8,10H,3-4,6,9H2,1-2H3,(H,15,17). The van der Waals surface area contributed by atoms with Crippen molar-refractivity contribution >= 4 is 16.5 Å². The Balaban J connectivity index is 2.15. The molecule has 2 aromatic rings. The van der Waals surface area contributed by atoms with E-state index < -0.39 is 0 Å². The summed E-state index contributed by atoms with van der Waals surface area (Å²) >= 11 is 1.62. The Morgan fingerprint density at radius 3 is 2.83 bits per heavy atom. The van der Waals surface area contributed by atoms with Gasteiger partial charge < -0.3 is 5.32 Å². The van der Waals surface area contributed by atoms with Gasteiger partial charge >= 0.3 is 0 Å². The van der Waals surface area contributed by atoms with Crippen LogP contribution in [0.3, 0.4) is 0 Å². The Morgan fingerprint density at radius 2 is 2.06 bits per heavy atom. The maximum atomic E-state index is 4.25. The summed E-state index contributed by atoms with van der Waals surface area (Å²) in [7, 11) is 0. The minimum absolute atomic E-state index is 0.910. The Labute approximate surface area is 112 Å². The number of anilines is 1. The van der Waals surface area contributed by atoms with Crippen LogP contribution in [-0.2, 0) is 6.42 Å². The van der Waals surface area contributed by atoms with Gasteiger partial charge in [-0.05, 0) is 24.5 Å². The molecule has 1 N–H and O–H groups in total. The molecule has 0 bridgehead atoms. The van der Waals surface area contributed by atoms with Crippen molar-refractivity contribution in [1.82, 2.24) is 10.2 Å². The molecule has 0 spiro atoms. The minimum Gasteiger partial charge on any atom is -0.360 e. The quantitative estimate of drug-likeness (QED) is 0.854. The van der Waals surface area contributed by atoms with Crippen LogP contribution >= 0.6 is 11.3 Å². The van der Waals surface area contributed by atoms with Gasteiger partial charge in [-0.25, -0.2) is 0 Å². The summed E-state index contributed by atoms with van der Waals surface area (Å²) in [6, 6.07) is 8.59. The molecule has 4 heteroatoms. The highest BCUT2D eigenvalue weighted by Crippen LogP contribution is 2.27. The second kappa shape index (κ2) is 6.50. The van der Waals surface area contributed by atoms with Crippen molar-refractivity contribution in [3.63, 3.8) is 0 Å². The highest BCUT2D eigenvalue weighted by atomic mass is 32.1. The van der Waals surface area contributed by atoms with Crippen LogP contribution in [-0.4, -0.2) is 16.7 Å². The highest BCUT2D eigenvalue weighted by Gasteiger charge is 2.06. The molecule has 0 unspecified atom stereocenters. The molecule has 2 rings (SSSR count). The fraction of sp³-hybridized carbons (Fsp3) is 0.429. The predicted molar refractivity (Wildman–Crippen MR) is 78.1 cm³/mol. The number of nitrogens with one attached hydrogen (secondary N) is 1. The van der Waals surface area contributed by atoms with Gasteiger partial charge in [0, 0.05) is 12.1 Å². The van der Waals surface area contributed by atoms with E-state index in [2.05, 4.69) is 53.6 Å². The molecule has 0 atom stereocenters. The van der Waals surface area contributed by atoms with E-state index in [1.165, 1.54) is 17.5 Å². The molecule has 18 heavy (non-hydrogen) atoms. The van der Waals surface area contributed by atoms with E-state index in [1.54, 1.807) is 11.3 Å². The second-order valence-corrected chi connectivity index (χ2v) is 5.27. The third-order valence-corrected chi connectivity index (χ3v) is 3.59. The van der Waals surface area contributed by atoms with Gasteiger partial charge in [-0.3, -0.25) is 0 Å². The molecular weight excluding hydrogens is 242 g/mol. The van der Waals surface area contributed by atoms with E-state index in [0.29, 0.717) is 0 Å². The predicted octanol–water partition coefficient (Wildman–Crippen LogP) is 3.98. The zero-order valence-electron chi connectivity index (χ0n) is 10.9. The lowest BCUT2D eigenvalue weighted by atomic mass is 10.1. The summed E-state index contributed by atoms with van der Waals surface area (Å²) in [4.78, 5) is 0. The van der Waals surface area contributed by atoms with Crippen LogP contribution in [0, 0.1) is 0 Å². The molecule has 1 aromatic heterocycles. The average molecular weight is 261 g/mol. The van der Waals surface area contributed by atoms with Crippen LogP contribution in [0.5, 0.6) is 0 Å². The van der Waals surface area contributed by atoms with Crippen LogP contribution in [0.25, 0.3) is 10.6 Å². The van der Waals surface area contributed by atoms with E-state index in [-0.39, 0.29) is 0 Å². The first kappa shape index (κ1) is 13.0. The van der Waals surface area contributed by atoms with Gasteiger partial charge in [0.15, 0.2) is 0 Å². The normalized spacial score (nSPS) is 10.6. The number of aryl methyl sites for hydroxylation is 1. The maximum Gasteiger partial charge on any atom is 0.206 e. The average Bonchev–Trinajstić information content (AvgIpc) is 2.86. The summed E-state index contributed by atoms with van der Waals surface area (Å²) < 4.78 is 0. The van der Waals surface area contributed by atoms with Crippen molar-refractivity contribution in [2.24, 2.45) is 0 Å². The van der Waals surface area contributed by atoms with Crippen molar-refractivity contribution in [2.45, 2.75) is 33.1 Å². The van der Waals surface area contributed by atoms with E-state index in [1.807, 2.05) is 0 Å². The monoisotopic (exact) mass is 261 g/mol. The van der Waals surface area contributed by atoms with Gasteiger partial charge in [0.2, 0.25) is 5.13 Å². The number of aromatic nitrogens is 2. The number of hydrogen-bond acceptors (Lipinski definition) is 4. The van der Waals surface area contributed by atoms with Gasteiger partial charge in [-0.15, -0.1) is 10.2 Å². The second-order valence-electron chi connectivity index (χ2n) is 4.29. The van der Waals surface area contributed by atoms with Gasteiger partial charge in [-0.1, -0.05) is 49.8 Å². The molecule has 0 aliphatic carbocycles. The number of hydrogen-bond donors (Lipinski definition) is 1. The molecule has 0 aliphatic heterocycles. The third-order valence-electron chi connectivity index (χ3n) is 2.66. The fourth-order valence-electron chi connectivity index (χ4n) is 1.79. The molecule has 0 fully saturated rings. The lowest BCUT2D eigenvalue weighted by Crippen LogP contribution is -1.98. The Bertz CT molecular complexity index is 493. The number of rotatable bonds is 6. The van der Waals surface area contributed by atoms with Crippen LogP contribution in [0.15, 0.2) is 24.3 Å². The van der Waals surface area contributed by atoms with Gasteiger partial charge in [0.25, 0.3) is 0 Å². The summed E-state index contributed by atoms with van der Waals surface area (Å²) in [6.07, 6.45) is 3.39. The zero-order chi connectivity index (χ0) is 12.8. The zero-order valence-corrected chi connectivity index (χ0v) is 11.8. The van der Waals surface area contributed by atoms with Crippen molar-refractivity contribution in [1.29, 1.82) is 0 Å². The van der Waals surface area contributed by atoms with Crippen LogP contribution in [0.1, 0.15) is 32.3 Å². The lowest BCUT2D eigenvalue weighted by molar-refractivity contribution is 0.922. The molecule has 3 nitrogen and oxygen atoms in total. The van der Waals surface area contributed by atoms with Crippen LogP contribution in [0.4, 0.5) is 5.13 Å². The summed E-state index contributed by atoms with van der Waals surface area (Å²) in [5, 5.41) is 13.6. The molecule has 0 radical (unpaired) electrons. The van der Waals surface area contributed by atoms with Gasteiger partial charge in [0.1, 0.15) is 5.01 Å². The van der Waals surface area contributed by atoms with Gasteiger partial charge in [-0.2, -0.15) is 0 Å². The molecule has 1 aromatic carbocycles. The Morgan fingerprint density at radius 1 is 1.17 bits per heavy atom. The van der Waals surface area contributed by atoms with Crippen LogP contribution in [0.2, 0.25) is 0 Å².